The van der Waals surface area contributed by atoms with Crippen LogP contribution in [0.3, 0.4) is 0 Å². The summed E-state index contributed by atoms with van der Waals surface area (Å²) in [6.07, 6.45) is 13.0. The summed E-state index contributed by atoms with van der Waals surface area (Å²) in [7, 11) is 3.83. The Morgan fingerprint density at radius 3 is 2.45 bits per heavy atom. The highest BCUT2D eigenvalue weighted by Gasteiger charge is 2.23. The molecule has 4 heterocycles. The summed E-state index contributed by atoms with van der Waals surface area (Å²) in [5.41, 5.74) is 5.03. The average molecular weight is 444 g/mol. The van der Waals surface area contributed by atoms with E-state index >= 15 is 0 Å². The van der Waals surface area contributed by atoms with Crippen molar-refractivity contribution >= 4 is 5.82 Å². The number of aryl methyl sites for hydroxylation is 2. The minimum atomic E-state index is 0.113. The Bertz CT molecular complexity index is 1250. The third-order valence-corrected chi connectivity index (χ3v) is 6.14. The number of rotatable bonds is 5. The highest BCUT2D eigenvalue weighted by atomic mass is 16.5. The second kappa shape index (κ2) is 9.15. The van der Waals surface area contributed by atoms with Crippen LogP contribution in [0.15, 0.2) is 55.2 Å². The smallest absolute Gasteiger partial charge is 0.161 e. The van der Waals surface area contributed by atoms with Gasteiger partial charge in [0.1, 0.15) is 5.82 Å². The Kier molecular flexibility index (Phi) is 5.92. The number of hydrogen-bond donors (Lipinski definition) is 1. The number of nitrogens with zero attached hydrogens (tertiary/aromatic N) is 6. The maximum Gasteiger partial charge on any atom is 0.161 e. The van der Waals surface area contributed by atoms with Gasteiger partial charge in [0, 0.05) is 61.5 Å². The van der Waals surface area contributed by atoms with Crippen molar-refractivity contribution in [1.29, 1.82) is 0 Å². The van der Waals surface area contributed by atoms with Gasteiger partial charge < -0.3 is 10.1 Å². The van der Waals surface area contributed by atoms with E-state index in [0.717, 1.165) is 59.5 Å². The lowest BCUT2D eigenvalue weighted by Gasteiger charge is -2.24. The van der Waals surface area contributed by atoms with Crippen LogP contribution in [0.1, 0.15) is 26.2 Å². The number of anilines is 1. The number of aromatic nitrogens is 6. The van der Waals surface area contributed by atoms with E-state index in [1.165, 1.54) is 0 Å². The van der Waals surface area contributed by atoms with Gasteiger partial charge in [-0.2, -0.15) is 10.2 Å². The van der Waals surface area contributed by atoms with Crippen LogP contribution in [0.5, 0.6) is 0 Å². The lowest BCUT2D eigenvalue weighted by Crippen LogP contribution is -2.32. The van der Waals surface area contributed by atoms with Crippen molar-refractivity contribution in [3.63, 3.8) is 0 Å². The van der Waals surface area contributed by atoms with Crippen molar-refractivity contribution in [2.45, 2.75) is 38.3 Å². The number of hydrogen-bond acceptors (Lipinski definition) is 6. The van der Waals surface area contributed by atoms with E-state index in [1.807, 2.05) is 57.2 Å². The molecule has 0 bridgehead atoms. The van der Waals surface area contributed by atoms with Crippen LogP contribution < -0.4 is 5.32 Å². The zero-order valence-corrected chi connectivity index (χ0v) is 19.3. The summed E-state index contributed by atoms with van der Waals surface area (Å²) in [5.74, 6) is 1.49. The van der Waals surface area contributed by atoms with E-state index in [9.17, 15) is 0 Å². The lowest BCUT2D eigenvalue weighted by molar-refractivity contribution is 0.0651. The molecule has 0 unspecified atom stereocenters. The van der Waals surface area contributed by atoms with E-state index in [1.54, 1.807) is 9.36 Å². The van der Waals surface area contributed by atoms with E-state index in [2.05, 4.69) is 34.6 Å². The van der Waals surface area contributed by atoms with E-state index in [-0.39, 0.29) is 12.1 Å². The van der Waals surface area contributed by atoms with E-state index in [0.29, 0.717) is 5.82 Å². The fourth-order valence-electron chi connectivity index (χ4n) is 4.26. The van der Waals surface area contributed by atoms with E-state index in [4.69, 9.17) is 14.7 Å². The lowest BCUT2D eigenvalue weighted by atomic mass is 10.0. The van der Waals surface area contributed by atoms with Gasteiger partial charge in [-0.3, -0.25) is 9.36 Å². The van der Waals surface area contributed by atoms with Gasteiger partial charge in [0.05, 0.1) is 24.5 Å². The predicted octanol–water partition coefficient (Wildman–Crippen LogP) is 4.31. The molecule has 1 aromatic carbocycles. The summed E-state index contributed by atoms with van der Waals surface area (Å²) in [6.45, 7) is 2.94. The Morgan fingerprint density at radius 2 is 1.70 bits per heavy atom. The average Bonchev–Trinajstić information content (AvgIpc) is 3.40. The van der Waals surface area contributed by atoms with Crippen molar-refractivity contribution in [3.8, 4) is 33.6 Å². The molecule has 5 rings (SSSR count). The molecule has 2 atom stereocenters. The quantitative estimate of drug-likeness (QED) is 0.495. The summed E-state index contributed by atoms with van der Waals surface area (Å²) in [6, 6.07) is 8.45. The first kappa shape index (κ1) is 21.3. The minimum Gasteiger partial charge on any atom is -0.376 e. The van der Waals surface area contributed by atoms with Gasteiger partial charge in [-0.05, 0) is 37.8 Å². The van der Waals surface area contributed by atoms with Gasteiger partial charge in [0.25, 0.3) is 0 Å². The topological polar surface area (TPSA) is 82.7 Å². The Hall–Kier alpha value is -3.52. The van der Waals surface area contributed by atoms with E-state index < -0.39 is 0 Å². The van der Waals surface area contributed by atoms with Crippen LogP contribution in [0, 0.1) is 0 Å². The van der Waals surface area contributed by atoms with Crippen molar-refractivity contribution in [2.75, 3.05) is 11.9 Å². The van der Waals surface area contributed by atoms with Gasteiger partial charge in [0.2, 0.25) is 0 Å². The summed E-state index contributed by atoms with van der Waals surface area (Å²) in [4.78, 5) is 9.72. The molecule has 8 heteroatoms. The molecule has 0 amide bonds. The second-order valence-electron chi connectivity index (χ2n) is 8.66. The second-order valence-corrected chi connectivity index (χ2v) is 8.66. The molecule has 8 nitrogen and oxygen atoms in total. The molecule has 1 N–H and O–H groups in total. The predicted molar refractivity (Wildman–Crippen MR) is 129 cm³/mol. The van der Waals surface area contributed by atoms with Crippen LogP contribution in [-0.4, -0.2) is 48.3 Å². The molecule has 0 spiro atoms. The monoisotopic (exact) mass is 443 g/mol. The molecule has 170 valence electrons. The molecular weight excluding hydrogens is 414 g/mol. The van der Waals surface area contributed by atoms with Crippen LogP contribution in [0.2, 0.25) is 0 Å². The van der Waals surface area contributed by atoms with Crippen LogP contribution in [0.4, 0.5) is 5.82 Å². The maximum absolute atomic E-state index is 5.99. The Labute approximate surface area is 193 Å². The van der Waals surface area contributed by atoms with Crippen molar-refractivity contribution in [1.82, 2.24) is 29.5 Å². The van der Waals surface area contributed by atoms with Crippen LogP contribution in [0.25, 0.3) is 33.6 Å². The van der Waals surface area contributed by atoms with Gasteiger partial charge in [-0.15, -0.1) is 0 Å². The molecule has 33 heavy (non-hydrogen) atoms. The third-order valence-electron chi connectivity index (χ3n) is 6.14. The standard InChI is InChI=1S/C25H29N7O/c1-17-23(9-4-5-10-33-17)29-25-22(21-13-28-32(3)16-21)14-26-24(30-25)19-8-6-7-18(11-19)20-12-27-31(2)15-20/h6-8,11-17,23H,4-5,9-10H2,1-3H3,(H,26,29,30)/t17-,23+/m1/s1. The number of ether oxygens (including phenoxy) is 1. The van der Waals surface area contributed by atoms with Gasteiger partial charge in [-0.25, -0.2) is 9.97 Å². The molecule has 1 saturated heterocycles. The molecular formula is C25H29N7O. The normalized spacial score (nSPS) is 18.8. The summed E-state index contributed by atoms with van der Waals surface area (Å²) < 4.78 is 9.59. The molecule has 0 radical (unpaired) electrons. The molecule has 0 saturated carbocycles. The van der Waals surface area contributed by atoms with Gasteiger partial charge >= 0.3 is 0 Å². The van der Waals surface area contributed by atoms with Crippen molar-refractivity contribution in [3.05, 3.63) is 55.2 Å². The minimum absolute atomic E-state index is 0.113. The SMILES string of the molecule is C[C@H]1OCCCC[C@@H]1Nc1nc(-c2cccc(-c3cnn(C)c3)c2)ncc1-c1cnn(C)c1. The number of nitrogens with one attached hydrogen (secondary N) is 1. The van der Waals surface area contributed by atoms with Crippen LogP contribution in [-0.2, 0) is 18.8 Å². The first-order valence-corrected chi connectivity index (χ1v) is 11.4. The highest BCUT2D eigenvalue weighted by Crippen LogP contribution is 2.31. The molecule has 1 aliphatic heterocycles. The first-order valence-electron chi connectivity index (χ1n) is 11.4. The summed E-state index contributed by atoms with van der Waals surface area (Å²) in [5, 5.41) is 12.3. The molecule has 4 aromatic rings. The highest BCUT2D eigenvalue weighted by molar-refractivity contribution is 5.76. The van der Waals surface area contributed by atoms with Gasteiger partial charge in [-0.1, -0.05) is 18.2 Å². The molecule has 1 aliphatic rings. The fourth-order valence-corrected chi connectivity index (χ4v) is 4.26. The molecule has 0 aliphatic carbocycles. The van der Waals surface area contributed by atoms with Gasteiger partial charge in [0.15, 0.2) is 5.82 Å². The van der Waals surface area contributed by atoms with Crippen LogP contribution >= 0.6 is 0 Å². The largest absolute Gasteiger partial charge is 0.376 e. The van der Waals surface area contributed by atoms with Crippen molar-refractivity contribution < 1.29 is 4.74 Å². The zero-order valence-electron chi connectivity index (χ0n) is 19.3. The third kappa shape index (κ3) is 4.66. The maximum atomic E-state index is 5.99. The number of benzene rings is 1. The molecule has 1 fully saturated rings. The Balaban J connectivity index is 1.53. The van der Waals surface area contributed by atoms with Crippen molar-refractivity contribution in [2.24, 2.45) is 14.1 Å². The Morgan fingerprint density at radius 1 is 0.939 bits per heavy atom. The molecule has 3 aromatic heterocycles. The fraction of sp³-hybridized carbons (Fsp3) is 0.360. The zero-order chi connectivity index (χ0) is 22.8. The summed E-state index contributed by atoms with van der Waals surface area (Å²) >= 11 is 0. The first-order chi connectivity index (χ1) is 16.1.